The number of rotatable bonds is 5. The van der Waals surface area contributed by atoms with Crippen molar-refractivity contribution in [2.45, 2.75) is 6.54 Å². The summed E-state index contributed by atoms with van der Waals surface area (Å²) in [7, 11) is 0. The van der Waals surface area contributed by atoms with Gasteiger partial charge < -0.3 is 9.64 Å². The number of thiophene rings is 1. The molecular weight excluding hydrogens is 364 g/mol. The molecule has 1 aromatic heterocycles. The average Bonchev–Trinajstić information content (AvgIpc) is 3.26. The molecule has 3 aromatic rings. The molecule has 0 saturated carbocycles. The van der Waals surface area contributed by atoms with E-state index in [2.05, 4.69) is 6.07 Å². The van der Waals surface area contributed by atoms with Gasteiger partial charge in [-0.15, -0.1) is 11.3 Å². The standard InChI is InChI=1S/C20H16N2O2S2/c23-19-14-21(13-18-7-4-12-26-18)20(25)22(19)15-8-10-17(11-9-15)24-16-5-2-1-3-6-16/h1-12H,13-14H2. The molecule has 0 atom stereocenters. The number of amides is 1. The van der Waals surface area contributed by atoms with Crippen molar-refractivity contribution in [1.29, 1.82) is 0 Å². The molecule has 1 amide bonds. The van der Waals surface area contributed by atoms with Crippen molar-refractivity contribution in [3.05, 3.63) is 77.0 Å². The summed E-state index contributed by atoms with van der Waals surface area (Å²) in [6.07, 6.45) is 0. The number of thiocarbonyl (C=S) groups is 1. The molecule has 0 aliphatic carbocycles. The molecule has 1 aliphatic rings. The normalized spacial score (nSPS) is 14.2. The first kappa shape index (κ1) is 16.8. The maximum atomic E-state index is 12.5. The second-order valence-electron chi connectivity index (χ2n) is 5.86. The van der Waals surface area contributed by atoms with E-state index >= 15 is 0 Å². The number of nitrogens with zero attached hydrogens (tertiary/aromatic N) is 2. The predicted molar refractivity (Wildman–Crippen MR) is 108 cm³/mol. The third-order valence-corrected chi connectivity index (χ3v) is 5.34. The monoisotopic (exact) mass is 380 g/mol. The Bertz CT molecular complexity index is 909. The second kappa shape index (κ2) is 7.27. The molecule has 4 rings (SSSR count). The highest BCUT2D eigenvalue weighted by atomic mass is 32.1. The molecule has 6 heteroatoms. The lowest BCUT2D eigenvalue weighted by Crippen LogP contribution is -2.32. The van der Waals surface area contributed by atoms with Crippen LogP contribution in [0.1, 0.15) is 4.88 Å². The molecule has 1 saturated heterocycles. The summed E-state index contributed by atoms with van der Waals surface area (Å²) in [5, 5.41) is 2.57. The van der Waals surface area contributed by atoms with Gasteiger partial charge in [-0.3, -0.25) is 9.69 Å². The van der Waals surface area contributed by atoms with E-state index in [1.54, 1.807) is 16.2 Å². The van der Waals surface area contributed by atoms with Gasteiger partial charge in [-0.1, -0.05) is 24.3 Å². The smallest absolute Gasteiger partial charge is 0.252 e. The van der Waals surface area contributed by atoms with Crippen molar-refractivity contribution in [1.82, 2.24) is 4.90 Å². The number of carbonyl (C=O) groups is 1. The molecule has 0 N–H and O–H groups in total. The fourth-order valence-electron chi connectivity index (χ4n) is 2.81. The number of ether oxygens (including phenoxy) is 1. The zero-order valence-electron chi connectivity index (χ0n) is 13.9. The lowest BCUT2D eigenvalue weighted by molar-refractivity contribution is -0.116. The highest BCUT2D eigenvalue weighted by molar-refractivity contribution is 7.80. The van der Waals surface area contributed by atoms with Crippen LogP contribution in [0.3, 0.4) is 0 Å². The number of carbonyl (C=O) groups excluding carboxylic acids is 1. The number of hydrogen-bond donors (Lipinski definition) is 0. The fraction of sp³-hybridized carbons (Fsp3) is 0.100. The highest BCUT2D eigenvalue weighted by Gasteiger charge is 2.33. The van der Waals surface area contributed by atoms with Gasteiger partial charge in [0.25, 0.3) is 5.91 Å². The van der Waals surface area contributed by atoms with E-state index in [1.807, 2.05) is 70.9 Å². The van der Waals surface area contributed by atoms with Gasteiger partial charge in [0.15, 0.2) is 5.11 Å². The first-order chi connectivity index (χ1) is 12.7. The molecule has 2 heterocycles. The lowest BCUT2D eigenvalue weighted by atomic mass is 10.2. The molecule has 0 radical (unpaired) electrons. The van der Waals surface area contributed by atoms with Crippen molar-refractivity contribution in [3.8, 4) is 11.5 Å². The molecular formula is C20H16N2O2S2. The predicted octanol–water partition coefficient (Wildman–Crippen LogP) is 4.67. The Labute approximate surface area is 161 Å². The molecule has 130 valence electrons. The number of anilines is 1. The average molecular weight is 380 g/mol. The Morgan fingerprint density at radius 2 is 1.69 bits per heavy atom. The third-order valence-electron chi connectivity index (χ3n) is 4.04. The van der Waals surface area contributed by atoms with Gasteiger partial charge in [-0.25, -0.2) is 0 Å². The van der Waals surface area contributed by atoms with Crippen molar-refractivity contribution in [2.24, 2.45) is 0 Å². The second-order valence-corrected chi connectivity index (χ2v) is 7.25. The van der Waals surface area contributed by atoms with E-state index in [9.17, 15) is 4.79 Å². The summed E-state index contributed by atoms with van der Waals surface area (Å²) in [5.74, 6) is 1.48. The molecule has 0 spiro atoms. The Hall–Kier alpha value is -2.70. The van der Waals surface area contributed by atoms with Crippen LogP contribution in [0.4, 0.5) is 5.69 Å². The Morgan fingerprint density at radius 1 is 0.962 bits per heavy atom. The summed E-state index contributed by atoms with van der Waals surface area (Å²) in [4.78, 5) is 17.2. The molecule has 26 heavy (non-hydrogen) atoms. The minimum absolute atomic E-state index is 0.0108. The summed E-state index contributed by atoms with van der Waals surface area (Å²) in [6.45, 7) is 0.965. The molecule has 4 nitrogen and oxygen atoms in total. The van der Waals surface area contributed by atoms with Crippen LogP contribution in [0.5, 0.6) is 11.5 Å². The van der Waals surface area contributed by atoms with E-state index < -0.39 is 0 Å². The van der Waals surface area contributed by atoms with Crippen LogP contribution in [-0.4, -0.2) is 22.5 Å². The van der Waals surface area contributed by atoms with Gasteiger partial charge in [-0.2, -0.15) is 0 Å². The molecule has 2 aromatic carbocycles. The lowest BCUT2D eigenvalue weighted by Gasteiger charge is -2.20. The van der Waals surface area contributed by atoms with E-state index in [0.717, 1.165) is 11.4 Å². The van der Waals surface area contributed by atoms with E-state index in [1.165, 1.54) is 4.88 Å². The van der Waals surface area contributed by atoms with Gasteiger partial charge in [0.2, 0.25) is 0 Å². The van der Waals surface area contributed by atoms with Crippen LogP contribution >= 0.6 is 23.6 Å². The molecule has 1 fully saturated rings. The van der Waals surface area contributed by atoms with Crippen molar-refractivity contribution >= 4 is 40.3 Å². The molecule has 0 unspecified atom stereocenters. The van der Waals surface area contributed by atoms with Crippen molar-refractivity contribution in [2.75, 3.05) is 11.4 Å². The van der Waals surface area contributed by atoms with Crippen LogP contribution in [-0.2, 0) is 11.3 Å². The molecule has 1 aliphatic heterocycles. The van der Waals surface area contributed by atoms with Crippen LogP contribution < -0.4 is 9.64 Å². The summed E-state index contributed by atoms with van der Waals surface area (Å²) >= 11 is 7.20. The van der Waals surface area contributed by atoms with E-state index in [-0.39, 0.29) is 5.91 Å². The van der Waals surface area contributed by atoms with Crippen molar-refractivity contribution in [3.63, 3.8) is 0 Å². The first-order valence-corrected chi connectivity index (χ1v) is 9.47. The number of para-hydroxylation sites is 1. The van der Waals surface area contributed by atoms with Crippen LogP contribution in [0.25, 0.3) is 0 Å². The first-order valence-electron chi connectivity index (χ1n) is 8.18. The third kappa shape index (κ3) is 3.47. The minimum Gasteiger partial charge on any atom is -0.457 e. The summed E-state index contributed by atoms with van der Waals surface area (Å²) in [6, 6.07) is 21.1. The zero-order valence-corrected chi connectivity index (χ0v) is 15.5. The Balaban J connectivity index is 1.48. The van der Waals surface area contributed by atoms with Crippen LogP contribution in [0.2, 0.25) is 0 Å². The maximum absolute atomic E-state index is 12.5. The Kier molecular flexibility index (Phi) is 4.69. The SMILES string of the molecule is O=C1CN(Cc2cccs2)C(=S)N1c1ccc(Oc2ccccc2)cc1. The minimum atomic E-state index is -0.0108. The van der Waals surface area contributed by atoms with E-state index in [0.29, 0.717) is 24.0 Å². The van der Waals surface area contributed by atoms with Gasteiger partial charge >= 0.3 is 0 Å². The van der Waals surface area contributed by atoms with Crippen LogP contribution in [0, 0.1) is 0 Å². The number of hydrogen-bond acceptors (Lipinski definition) is 4. The van der Waals surface area contributed by atoms with Gasteiger partial charge in [-0.05, 0) is 60.1 Å². The quantitative estimate of drug-likeness (QED) is 0.602. The molecule has 0 bridgehead atoms. The van der Waals surface area contributed by atoms with E-state index in [4.69, 9.17) is 17.0 Å². The largest absolute Gasteiger partial charge is 0.457 e. The Morgan fingerprint density at radius 3 is 2.38 bits per heavy atom. The number of benzene rings is 2. The van der Waals surface area contributed by atoms with Gasteiger partial charge in [0, 0.05) is 4.88 Å². The fourth-order valence-corrected chi connectivity index (χ4v) is 3.86. The van der Waals surface area contributed by atoms with Crippen LogP contribution in [0.15, 0.2) is 72.1 Å². The van der Waals surface area contributed by atoms with Crippen molar-refractivity contribution < 1.29 is 9.53 Å². The van der Waals surface area contributed by atoms with Gasteiger partial charge in [0.05, 0.1) is 12.2 Å². The summed E-state index contributed by atoms with van der Waals surface area (Å²) < 4.78 is 5.80. The zero-order chi connectivity index (χ0) is 17.9. The highest BCUT2D eigenvalue weighted by Crippen LogP contribution is 2.28. The van der Waals surface area contributed by atoms with Gasteiger partial charge in [0.1, 0.15) is 18.0 Å². The summed E-state index contributed by atoms with van der Waals surface area (Å²) in [5.41, 5.74) is 0.758. The maximum Gasteiger partial charge on any atom is 0.252 e. The topological polar surface area (TPSA) is 32.8 Å².